The number of amides is 1. The fraction of sp³-hybridized carbons (Fsp3) is 0.556. The summed E-state index contributed by atoms with van der Waals surface area (Å²) < 4.78 is 0. The summed E-state index contributed by atoms with van der Waals surface area (Å²) in [5, 5.41) is 13.0. The summed E-state index contributed by atoms with van der Waals surface area (Å²) in [7, 11) is 0. The van der Waals surface area contributed by atoms with Gasteiger partial charge in [-0.1, -0.05) is 43.4 Å². The zero-order valence-electron chi connectivity index (χ0n) is 13.7. The number of carbonyl (C=O) groups excluding carboxylic acids is 1. The molecular formula is C18H24ClNO3. The van der Waals surface area contributed by atoms with Crippen LogP contribution in [0.2, 0.25) is 5.02 Å². The molecular weight excluding hydrogens is 314 g/mol. The molecule has 1 amide bonds. The van der Waals surface area contributed by atoms with Gasteiger partial charge in [-0.25, -0.2) is 0 Å². The molecule has 0 atom stereocenters. The Morgan fingerprint density at radius 1 is 1.17 bits per heavy atom. The van der Waals surface area contributed by atoms with Crippen LogP contribution in [0.1, 0.15) is 56.1 Å². The van der Waals surface area contributed by atoms with Gasteiger partial charge in [-0.2, -0.15) is 0 Å². The predicted octanol–water partition coefficient (Wildman–Crippen LogP) is 4.71. The second-order valence-corrected chi connectivity index (χ2v) is 7.07. The first-order chi connectivity index (χ1) is 10.8. The Kier molecular flexibility index (Phi) is 5.69. The van der Waals surface area contributed by atoms with Gasteiger partial charge in [0.25, 0.3) is 0 Å². The molecule has 0 unspecified atom stereocenters. The minimum Gasteiger partial charge on any atom is -0.481 e. The molecule has 0 heterocycles. The van der Waals surface area contributed by atoms with Crippen LogP contribution >= 0.6 is 11.6 Å². The topological polar surface area (TPSA) is 66.4 Å². The van der Waals surface area contributed by atoms with E-state index in [0.717, 1.165) is 36.8 Å². The molecule has 2 N–H and O–H groups in total. The summed E-state index contributed by atoms with van der Waals surface area (Å²) in [5.41, 5.74) is 1.55. The Morgan fingerprint density at radius 2 is 1.78 bits per heavy atom. The second kappa shape index (κ2) is 7.35. The van der Waals surface area contributed by atoms with Gasteiger partial charge in [0.15, 0.2) is 0 Å². The van der Waals surface area contributed by atoms with E-state index in [1.807, 2.05) is 19.9 Å². The highest BCUT2D eigenvalue weighted by atomic mass is 35.5. The average Bonchev–Trinajstić information content (AvgIpc) is 2.69. The maximum Gasteiger partial charge on any atom is 0.310 e. The number of hydrogen-bond acceptors (Lipinski definition) is 2. The molecule has 1 saturated carbocycles. The van der Waals surface area contributed by atoms with E-state index in [9.17, 15) is 14.7 Å². The number of hydrogen-bond donors (Lipinski definition) is 2. The lowest BCUT2D eigenvalue weighted by atomic mass is 9.77. The lowest BCUT2D eigenvalue weighted by molar-refractivity contribution is -0.152. The minimum atomic E-state index is -0.939. The number of carboxylic acids is 1. The molecule has 1 fully saturated rings. The van der Waals surface area contributed by atoms with Crippen molar-refractivity contribution in [3.63, 3.8) is 0 Å². The predicted molar refractivity (Wildman–Crippen MR) is 91.9 cm³/mol. The molecule has 23 heavy (non-hydrogen) atoms. The summed E-state index contributed by atoms with van der Waals surface area (Å²) in [5.74, 6) is -1.13. The van der Waals surface area contributed by atoms with Gasteiger partial charge < -0.3 is 10.4 Å². The maximum atomic E-state index is 12.5. The number of carboxylic acid groups (broad SMARTS) is 1. The minimum absolute atomic E-state index is 0.00593. The normalized spacial score (nSPS) is 17.3. The number of anilines is 1. The first-order valence-corrected chi connectivity index (χ1v) is 8.52. The van der Waals surface area contributed by atoms with E-state index in [-0.39, 0.29) is 12.3 Å². The van der Waals surface area contributed by atoms with Gasteiger partial charge in [-0.05, 0) is 43.9 Å². The molecule has 0 radical (unpaired) electrons. The van der Waals surface area contributed by atoms with Crippen molar-refractivity contribution in [2.75, 3.05) is 5.32 Å². The van der Waals surface area contributed by atoms with Gasteiger partial charge >= 0.3 is 5.97 Å². The van der Waals surface area contributed by atoms with Gasteiger partial charge in [0.2, 0.25) is 5.91 Å². The van der Waals surface area contributed by atoms with Gasteiger partial charge in [0.1, 0.15) is 0 Å². The fourth-order valence-corrected chi connectivity index (χ4v) is 3.80. The number of aryl methyl sites for hydroxylation is 2. The van der Waals surface area contributed by atoms with Crippen molar-refractivity contribution < 1.29 is 14.7 Å². The Hall–Kier alpha value is -1.55. The van der Waals surface area contributed by atoms with Crippen LogP contribution in [0.15, 0.2) is 12.1 Å². The van der Waals surface area contributed by atoms with Crippen LogP contribution in [0.4, 0.5) is 5.69 Å². The summed E-state index contributed by atoms with van der Waals surface area (Å²) in [6, 6.07) is 3.74. The molecule has 1 aromatic rings. The molecule has 1 aromatic carbocycles. The van der Waals surface area contributed by atoms with Crippen LogP contribution in [0.25, 0.3) is 0 Å². The lowest BCUT2D eigenvalue weighted by Gasteiger charge is -2.27. The van der Waals surface area contributed by atoms with Crippen molar-refractivity contribution in [1.29, 1.82) is 0 Å². The number of aliphatic carboxylic acids is 1. The summed E-state index contributed by atoms with van der Waals surface area (Å²) in [6.07, 6.45) is 4.95. The Labute approximate surface area is 142 Å². The summed E-state index contributed by atoms with van der Waals surface area (Å²) in [6.45, 7) is 3.82. The van der Waals surface area contributed by atoms with Crippen molar-refractivity contribution in [1.82, 2.24) is 0 Å². The first kappa shape index (κ1) is 17.8. The van der Waals surface area contributed by atoms with Crippen LogP contribution in [-0.4, -0.2) is 17.0 Å². The van der Waals surface area contributed by atoms with E-state index in [2.05, 4.69) is 5.32 Å². The van der Waals surface area contributed by atoms with Gasteiger partial charge in [-0.15, -0.1) is 0 Å². The molecule has 0 aromatic heterocycles. The smallest absolute Gasteiger partial charge is 0.310 e. The highest BCUT2D eigenvalue weighted by Gasteiger charge is 2.40. The van der Waals surface area contributed by atoms with Crippen molar-refractivity contribution in [3.8, 4) is 0 Å². The zero-order valence-corrected chi connectivity index (χ0v) is 14.5. The molecule has 4 nitrogen and oxygen atoms in total. The van der Waals surface area contributed by atoms with Crippen LogP contribution in [-0.2, 0) is 9.59 Å². The quantitative estimate of drug-likeness (QED) is 0.782. The third kappa shape index (κ3) is 4.25. The Balaban J connectivity index is 2.15. The van der Waals surface area contributed by atoms with E-state index in [4.69, 9.17) is 11.6 Å². The Morgan fingerprint density at radius 3 is 2.30 bits per heavy atom. The van der Waals surface area contributed by atoms with Crippen molar-refractivity contribution in [2.24, 2.45) is 5.41 Å². The Bertz CT molecular complexity index is 581. The van der Waals surface area contributed by atoms with Crippen molar-refractivity contribution >= 4 is 29.2 Å². The zero-order chi connectivity index (χ0) is 17.0. The first-order valence-electron chi connectivity index (χ1n) is 8.14. The molecule has 1 aliphatic rings. The largest absolute Gasteiger partial charge is 0.481 e. The van der Waals surface area contributed by atoms with E-state index in [1.54, 1.807) is 6.07 Å². The molecule has 2 rings (SSSR count). The lowest BCUT2D eigenvalue weighted by Crippen LogP contribution is -2.35. The highest BCUT2D eigenvalue weighted by Crippen LogP contribution is 2.39. The monoisotopic (exact) mass is 337 g/mol. The van der Waals surface area contributed by atoms with Crippen molar-refractivity contribution in [2.45, 2.75) is 58.8 Å². The van der Waals surface area contributed by atoms with Gasteiger partial charge in [0.05, 0.1) is 16.1 Å². The van der Waals surface area contributed by atoms with E-state index in [1.165, 1.54) is 0 Å². The molecule has 0 saturated heterocycles. The number of benzene rings is 1. The molecule has 1 aliphatic carbocycles. The third-order valence-corrected chi connectivity index (χ3v) is 5.01. The molecule has 0 spiro atoms. The van der Waals surface area contributed by atoms with Crippen LogP contribution in [0.5, 0.6) is 0 Å². The number of rotatable bonds is 4. The SMILES string of the molecule is Cc1cc(C)c(NC(=O)CC2(C(=O)O)CCCCCC2)c(Cl)c1. The van der Waals surface area contributed by atoms with E-state index >= 15 is 0 Å². The number of nitrogens with one attached hydrogen (secondary N) is 1. The molecule has 0 bridgehead atoms. The average molecular weight is 338 g/mol. The van der Waals surface area contributed by atoms with Crippen LogP contribution < -0.4 is 5.32 Å². The fourth-order valence-electron chi connectivity index (χ4n) is 3.44. The second-order valence-electron chi connectivity index (χ2n) is 6.66. The summed E-state index contributed by atoms with van der Waals surface area (Å²) >= 11 is 6.21. The van der Waals surface area contributed by atoms with Crippen LogP contribution in [0, 0.1) is 19.3 Å². The third-order valence-electron chi connectivity index (χ3n) is 4.71. The molecule has 5 heteroatoms. The number of carbonyl (C=O) groups is 2. The standard InChI is InChI=1S/C18H24ClNO3/c1-12-9-13(2)16(14(19)10-12)20-15(21)11-18(17(22)23)7-5-3-4-6-8-18/h9-10H,3-8,11H2,1-2H3,(H,20,21)(H,22,23). The number of halogens is 1. The molecule has 126 valence electrons. The van der Waals surface area contributed by atoms with Crippen molar-refractivity contribution in [3.05, 3.63) is 28.3 Å². The van der Waals surface area contributed by atoms with Crippen LogP contribution in [0.3, 0.4) is 0 Å². The van der Waals surface area contributed by atoms with E-state index < -0.39 is 11.4 Å². The molecule has 0 aliphatic heterocycles. The van der Waals surface area contributed by atoms with Gasteiger partial charge in [0, 0.05) is 6.42 Å². The van der Waals surface area contributed by atoms with E-state index in [0.29, 0.717) is 23.6 Å². The maximum absolute atomic E-state index is 12.5. The summed E-state index contributed by atoms with van der Waals surface area (Å²) in [4.78, 5) is 24.2. The highest BCUT2D eigenvalue weighted by molar-refractivity contribution is 6.34. The van der Waals surface area contributed by atoms with Gasteiger partial charge in [-0.3, -0.25) is 9.59 Å².